The lowest BCUT2D eigenvalue weighted by Gasteiger charge is -2.27. The van der Waals surface area contributed by atoms with Crippen LogP contribution in [0.3, 0.4) is 0 Å². The summed E-state index contributed by atoms with van der Waals surface area (Å²) < 4.78 is 0. The summed E-state index contributed by atoms with van der Waals surface area (Å²) in [4.78, 5) is 14.1. The zero-order chi connectivity index (χ0) is 11.6. The van der Waals surface area contributed by atoms with Crippen LogP contribution in [0.15, 0.2) is 0 Å². The van der Waals surface area contributed by atoms with Gasteiger partial charge >= 0.3 is 0 Å². The average molecular weight is 225 g/mol. The van der Waals surface area contributed by atoms with Crippen molar-refractivity contribution in [3.8, 4) is 0 Å². The molecule has 0 aromatic rings. The van der Waals surface area contributed by atoms with E-state index in [1.54, 1.807) is 7.05 Å². The summed E-state index contributed by atoms with van der Waals surface area (Å²) in [7, 11) is 1.73. The SMILES string of the molecule is CNC(=O)C1CCCN1CC1(CCN)CC1. The van der Waals surface area contributed by atoms with Crippen LogP contribution in [0.5, 0.6) is 0 Å². The van der Waals surface area contributed by atoms with Gasteiger partial charge in [0.25, 0.3) is 0 Å². The smallest absolute Gasteiger partial charge is 0.237 e. The molecule has 0 aromatic heterocycles. The molecule has 2 aliphatic rings. The number of hydrogen-bond acceptors (Lipinski definition) is 3. The van der Waals surface area contributed by atoms with Gasteiger partial charge in [0.15, 0.2) is 0 Å². The maximum atomic E-state index is 11.7. The van der Waals surface area contributed by atoms with E-state index < -0.39 is 0 Å². The molecule has 3 N–H and O–H groups in total. The maximum absolute atomic E-state index is 11.7. The molecule has 0 aromatic carbocycles. The van der Waals surface area contributed by atoms with Crippen LogP contribution in [-0.2, 0) is 4.79 Å². The molecule has 92 valence electrons. The molecule has 1 aliphatic carbocycles. The molecule has 1 amide bonds. The van der Waals surface area contributed by atoms with Gasteiger partial charge in [-0.1, -0.05) is 0 Å². The topological polar surface area (TPSA) is 58.4 Å². The van der Waals surface area contributed by atoms with E-state index in [-0.39, 0.29) is 11.9 Å². The van der Waals surface area contributed by atoms with Crippen LogP contribution >= 0.6 is 0 Å². The van der Waals surface area contributed by atoms with Crippen LogP contribution < -0.4 is 11.1 Å². The molecule has 1 saturated carbocycles. The van der Waals surface area contributed by atoms with Gasteiger partial charge in [-0.3, -0.25) is 9.69 Å². The molecule has 0 spiro atoms. The van der Waals surface area contributed by atoms with E-state index in [4.69, 9.17) is 5.73 Å². The molecule has 1 saturated heterocycles. The number of likely N-dealkylation sites (tertiary alicyclic amines) is 1. The van der Waals surface area contributed by atoms with Crippen LogP contribution in [0.2, 0.25) is 0 Å². The fourth-order valence-electron chi connectivity index (χ4n) is 2.88. The highest BCUT2D eigenvalue weighted by atomic mass is 16.2. The zero-order valence-corrected chi connectivity index (χ0v) is 10.2. The lowest BCUT2D eigenvalue weighted by Crippen LogP contribution is -2.44. The Balaban J connectivity index is 1.91. The van der Waals surface area contributed by atoms with E-state index in [9.17, 15) is 4.79 Å². The summed E-state index contributed by atoms with van der Waals surface area (Å²) in [6, 6.07) is 0.111. The normalized spacial score (nSPS) is 28.0. The molecule has 16 heavy (non-hydrogen) atoms. The van der Waals surface area contributed by atoms with E-state index in [0.717, 1.165) is 38.9 Å². The van der Waals surface area contributed by atoms with E-state index in [0.29, 0.717) is 5.41 Å². The number of carbonyl (C=O) groups excluding carboxylic acids is 1. The Morgan fingerprint density at radius 1 is 1.56 bits per heavy atom. The van der Waals surface area contributed by atoms with Crippen molar-refractivity contribution in [1.29, 1.82) is 0 Å². The highest BCUT2D eigenvalue weighted by Crippen LogP contribution is 2.49. The van der Waals surface area contributed by atoms with Crippen molar-refractivity contribution in [1.82, 2.24) is 10.2 Å². The number of hydrogen-bond donors (Lipinski definition) is 2. The zero-order valence-electron chi connectivity index (χ0n) is 10.2. The van der Waals surface area contributed by atoms with Gasteiger partial charge in [0.2, 0.25) is 5.91 Å². The molecule has 1 unspecified atom stereocenters. The summed E-state index contributed by atoms with van der Waals surface area (Å²) in [5.74, 6) is 0.182. The van der Waals surface area contributed by atoms with Crippen LogP contribution in [0.4, 0.5) is 0 Å². The molecule has 4 nitrogen and oxygen atoms in total. The summed E-state index contributed by atoms with van der Waals surface area (Å²) >= 11 is 0. The first kappa shape index (κ1) is 11.9. The fraction of sp³-hybridized carbons (Fsp3) is 0.917. The Morgan fingerprint density at radius 3 is 2.88 bits per heavy atom. The fourth-order valence-corrected chi connectivity index (χ4v) is 2.88. The number of nitrogens with one attached hydrogen (secondary N) is 1. The molecular weight excluding hydrogens is 202 g/mol. The molecule has 1 aliphatic heterocycles. The Labute approximate surface area is 97.6 Å². The predicted molar refractivity (Wildman–Crippen MR) is 64.0 cm³/mol. The molecular formula is C12H23N3O. The monoisotopic (exact) mass is 225 g/mol. The van der Waals surface area contributed by atoms with Crippen LogP contribution in [0.1, 0.15) is 32.1 Å². The van der Waals surface area contributed by atoms with Gasteiger partial charge in [-0.2, -0.15) is 0 Å². The summed E-state index contributed by atoms with van der Waals surface area (Å²) in [6.45, 7) is 2.92. The highest BCUT2D eigenvalue weighted by molar-refractivity contribution is 5.81. The standard InChI is InChI=1S/C12H23N3O/c1-14-11(16)10-3-2-8-15(10)9-12(4-5-12)6-7-13/h10H,2-9,13H2,1H3,(H,14,16). The van der Waals surface area contributed by atoms with Crippen LogP contribution in [-0.4, -0.2) is 43.5 Å². The third-order valence-corrected chi connectivity index (χ3v) is 4.08. The predicted octanol–water partition coefficient (Wildman–Crippen LogP) is 0.326. The second-order valence-corrected chi connectivity index (χ2v) is 5.28. The van der Waals surface area contributed by atoms with Crippen molar-refractivity contribution < 1.29 is 4.79 Å². The maximum Gasteiger partial charge on any atom is 0.237 e. The molecule has 0 radical (unpaired) electrons. The second-order valence-electron chi connectivity index (χ2n) is 5.28. The minimum absolute atomic E-state index is 0.111. The van der Waals surface area contributed by atoms with E-state index >= 15 is 0 Å². The number of rotatable bonds is 5. The number of nitrogens with two attached hydrogens (primary N) is 1. The van der Waals surface area contributed by atoms with E-state index in [1.165, 1.54) is 12.8 Å². The van der Waals surface area contributed by atoms with Gasteiger partial charge in [0.05, 0.1) is 6.04 Å². The first-order valence-electron chi connectivity index (χ1n) is 6.36. The number of nitrogens with zero attached hydrogens (tertiary/aromatic N) is 1. The molecule has 1 atom stereocenters. The van der Waals surface area contributed by atoms with Gasteiger partial charge in [-0.15, -0.1) is 0 Å². The number of amides is 1. The molecule has 1 heterocycles. The van der Waals surface area contributed by atoms with Crippen molar-refractivity contribution in [3.05, 3.63) is 0 Å². The lowest BCUT2D eigenvalue weighted by atomic mass is 10.0. The van der Waals surface area contributed by atoms with Gasteiger partial charge < -0.3 is 11.1 Å². The third-order valence-electron chi connectivity index (χ3n) is 4.08. The van der Waals surface area contributed by atoms with Crippen molar-refractivity contribution in [2.24, 2.45) is 11.1 Å². The molecule has 2 rings (SSSR count). The van der Waals surface area contributed by atoms with Crippen LogP contribution in [0.25, 0.3) is 0 Å². The summed E-state index contributed by atoms with van der Waals surface area (Å²) in [6.07, 6.45) is 5.86. The minimum atomic E-state index is 0.111. The van der Waals surface area contributed by atoms with Crippen molar-refractivity contribution in [2.45, 2.75) is 38.1 Å². The van der Waals surface area contributed by atoms with Gasteiger partial charge in [-0.25, -0.2) is 0 Å². The molecule has 0 bridgehead atoms. The highest BCUT2D eigenvalue weighted by Gasteiger charge is 2.45. The van der Waals surface area contributed by atoms with Gasteiger partial charge in [-0.05, 0) is 50.6 Å². The Morgan fingerprint density at radius 2 is 2.31 bits per heavy atom. The summed E-state index contributed by atoms with van der Waals surface area (Å²) in [5.41, 5.74) is 6.10. The first-order valence-corrected chi connectivity index (χ1v) is 6.36. The summed E-state index contributed by atoms with van der Waals surface area (Å²) in [5, 5.41) is 2.77. The van der Waals surface area contributed by atoms with Gasteiger partial charge in [0.1, 0.15) is 0 Å². The third kappa shape index (κ3) is 2.38. The second kappa shape index (κ2) is 4.72. The van der Waals surface area contributed by atoms with Crippen molar-refractivity contribution >= 4 is 5.91 Å². The van der Waals surface area contributed by atoms with Crippen molar-refractivity contribution in [2.75, 3.05) is 26.7 Å². The average Bonchev–Trinajstić information content (AvgIpc) is 2.87. The van der Waals surface area contributed by atoms with Crippen LogP contribution in [0, 0.1) is 5.41 Å². The van der Waals surface area contributed by atoms with E-state index in [1.807, 2.05) is 0 Å². The lowest BCUT2D eigenvalue weighted by molar-refractivity contribution is -0.125. The molecule has 4 heteroatoms. The quantitative estimate of drug-likeness (QED) is 0.709. The Kier molecular flexibility index (Phi) is 3.50. The minimum Gasteiger partial charge on any atom is -0.358 e. The Hall–Kier alpha value is -0.610. The number of carbonyl (C=O) groups is 1. The largest absolute Gasteiger partial charge is 0.358 e. The first-order chi connectivity index (χ1) is 7.71. The van der Waals surface area contributed by atoms with Gasteiger partial charge in [0, 0.05) is 13.6 Å². The van der Waals surface area contributed by atoms with E-state index in [2.05, 4.69) is 10.2 Å². The molecule has 2 fully saturated rings. The number of likely N-dealkylation sites (N-methyl/N-ethyl adjacent to an activating group) is 1. The Bertz CT molecular complexity index is 263. The van der Waals surface area contributed by atoms with Crippen molar-refractivity contribution in [3.63, 3.8) is 0 Å².